The van der Waals surface area contributed by atoms with Gasteiger partial charge in [-0.2, -0.15) is 0 Å². The fourth-order valence-corrected chi connectivity index (χ4v) is 4.53. The largest absolute Gasteiger partial charge is 0.182 e. The van der Waals surface area contributed by atoms with Crippen molar-refractivity contribution in [2.45, 2.75) is 36.6 Å². The summed E-state index contributed by atoms with van der Waals surface area (Å²) in [6, 6.07) is 22.2. The van der Waals surface area contributed by atoms with Crippen LogP contribution in [0.4, 0.5) is 0 Å². The molecule has 2 heteroatoms. The maximum absolute atomic E-state index is 2.56. The molecule has 0 aliphatic carbocycles. The molecule has 0 amide bonds. The van der Waals surface area contributed by atoms with Crippen LogP contribution >= 0.6 is 0 Å². The van der Waals surface area contributed by atoms with Crippen molar-refractivity contribution in [3.05, 3.63) is 60.7 Å². The predicted molar refractivity (Wildman–Crippen MR) is 84.3 cm³/mol. The van der Waals surface area contributed by atoms with Crippen molar-refractivity contribution in [2.75, 3.05) is 6.54 Å². The summed E-state index contributed by atoms with van der Waals surface area (Å²) in [4.78, 5) is 2.79. The fourth-order valence-electron chi connectivity index (χ4n) is 2.21. The molecule has 0 atom stereocenters. The van der Waals surface area contributed by atoms with Gasteiger partial charge in [0.25, 0.3) is 0 Å². The summed E-state index contributed by atoms with van der Waals surface area (Å²) in [6.07, 6.45) is 0. The average Bonchev–Trinajstić information content (AvgIpc) is 2.46. The third kappa shape index (κ3) is 3.40. The summed E-state index contributed by atoms with van der Waals surface area (Å²) < 4.78 is 2.56. The second-order valence-corrected chi connectivity index (χ2v) is 6.72. The fraction of sp³-hybridized carbons (Fsp3) is 0.294. The van der Waals surface area contributed by atoms with Gasteiger partial charge in [-0.25, -0.2) is 0 Å². The minimum absolute atomic E-state index is 0.0142. The molecule has 0 fully saturated rings. The van der Waals surface area contributed by atoms with Gasteiger partial charge in [-0.3, -0.25) is 0 Å². The third-order valence-corrected chi connectivity index (χ3v) is 5.64. The van der Waals surface area contributed by atoms with Crippen LogP contribution in [0.25, 0.3) is 0 Å². The van der Waals surface area contributed by atoms with Crippen LogP contribution in [0.5, 0.6) is 0 Å². The van der Waals surface area contributed by atoms with E-state index in [0.717, 1.165) is 6.54 Å². The van der Waals surface area contributed by atoms with Gasteiger partial charge in [0, 0.05) is 6.54 Å². The molecular formula is C17H22NS+. The smallest absolute Gasteiger partial charge is 0.114 e. The molecule has 2 rings (SSSR count). The summed E-state index contributed by atoms with van der Waals surface area (Å²) in [7, 11) is 0. The van der Waals surface area contributed by atoms with E-state index in [4.69, 9.17) is 0 Å². The Morgan fingerprint density at radius 1 is 0.842 bits per heavy atom. The molecule has 2 aromatic rings. The molecule has 0 spiro atoms. The summed E-state index contributed by atoms with van der Waals surface area (Å²) in [5.41, 5.74) is 0. The minimum atomic E-state index is 0.0142. The zero-order valence-electron chi connectivity index (χ0n) is 11.9. The Balaban J connectivity index is 2.45. The predicted octanol–water partition coefficient (Wildman–Crippen LogP) is 4.37. The second-order valence-electron chi connectivity index (χ2n) is 4.74. The van der Waals surface area contributed by atoms with E-state index in [9.17, 15) is 0 Å². The topological polar surface area (TPSA) is 3.24 Å². The number of rotatable bonds is 5. The highest BCUT2D eigenvalue weighted by Crippen LogP contribution is 2.28. The summed E-state index contributed by atoms with van der Waals surface area (Å²) in [5, 5.41) is 0. The van der Waals surface area contributed by atoms with Crippen LogP contribution in [0, 0.1) is 0 Å². The van der Waals surface area contributed by atoms with E-state index in [1.807, 2.05) is 0 Å². The number of nitrogens with zero attached hydrogens (tertiary/aromatic N) is 1. The first-order valence-electron chi connectivity index (χ1n) is 6.85. The van der Waals surface area contributed by atoms with Crippen LogP contribution in [-0.2, 0) is 11.1 Å². The number of benzene rings is 2. The molecule has 0 saturated carbocycles. The zero-order valence-corrected chi connectivity index (χ0v) is 12.7. The van der Waals surface area contributed by atoms with Gasteiger partial charge in [-0.05, 0) is 45.0 Å². The molecule has 0 unspecified atom stereocenters. The van der Waals surface area contributed by atoms with Gasteiger partial charge >= 0.3 is 0 Å². The molecule has 19 heavy (non-hydrogen) atoms. The molecule has 0 aromatic heterocycles. The number of hydrogen-bond donors (Lipinski definition) is 0. The summed E-state index contributed by atoms with van der Waals surface area (Å²) in [6.45, 7) is 7.85. The first-order chi connectivity index (χ1) is 9.24. The maximum Gasteiger partial charge on any atom is 0.182 e. The van der Waals surface area contributed by atoms with Crippen LogP contribution in [-0.4, -0.2) is 16.9 Å². The van der Waals surface area contributed by atoms with Crippen molar-refractivity contribution >= 4 is 11.1 Å². The van der Waals surface area contributed by atoms with Gasteiger partial charge in [0.05, 0.1) is 6.04 Å². The van der Waals surface area contributed by atoms with Crippen LogP contribution < -0.4 is 0 Å². The van der Waals surface area contributed by atoms with Gasteiger partial charge in [0.2, 0.25) is 0 Å². The lowest BCUT2D eigenvalue weighted by molar-refractivity contribution is 0.406. The maximum atomic E-state index is 2.56. The van der Waals surface area contributed by atoms with E-state index in [1.165, 1.54) is 9.79 Å². The van der Waals surface area contributed by atoms with E-state index in [1.54, 1.807) is 0 Å². The third-order valence-electron chi connectivity index (χ3n) is 3.06. The molecule has 2 aromatic carbocycles. The zero-order chi connectivity index (χ0) is 13.7. The van der Waals surface area contributed by atoms with Crippen molar-refractivity contribution < 1.29 is 0 Å². The quantitative estimate of drug-likeness (QED) is 0.731. The molecule has 0 radical (unpaired) electrons. The molecular weight excluding hydrogens is 250 g/mol. The molecule has 100 valence electrons. The molecule has 0 bridgehead atoms. The Kier molecular flexibility index (Phi) is 5.06. The standard InChI is InChI=1S/C17H22NS/c1-4-18(15(2)3)19(16-11-7-5-8-12-16)17-13-9-6-10-14-17/h5-15H,4H2,1-3H3/q+1. The molecule has 0 aliphatic rings. The van der Waals surface area contributed by atoms with E-state index < -0.39 is 0 Å². The van der Waals surface area contributed by atoms with Gasteiger partial charge in [-0.15, -0.1) is 4.31 Å². The molecule has 0 heterocycles. The Hall–Kier alpha value is -1.25. The minimum Gasteiger partial charge on any atom is -0.114 e. The van der Waals surface area contributed by atoms with Crippen molar-refractivity contribution in [3.63, 3.8) is 0 Å². The van der Waals surface area contributed by atoms with Crippen LogP contribution in [0.1, 0.15) is 20.8 Å². The van der Waals surface area contributed by atoms with E-state index >= 15 is 0 Å². The monoisotopic (exact) mass is 272 g/mol. The van der Waals surface area contributed by atoms with E-state index in [-0.39, 0.29) is 11.1 Å². The van der Waals surface area contributed by atoms with Crippen molar-refractivity contribution in [3.8, 4) is 0 Å². The average molecular weight is 272 g/mol. The van der Waals surface area contributed by atoms with Crippen LogP contribution in [0.3, 0.4) is 0 Å². The lowest BCUT2D eigenvalue weighted by Crippen LogP contribution is -2.37. The van der Waals surface area contributed by atoms with Gasteiger partial charge in [-0.1, -0.05) is 36.4 Å². The lowest BCUT2D eigenvalue weighted by atomic mass is 10.4. The highest BCUT2D eigenvalue weighted by atomic mass is 32.2. The van der Waals surface area contributed by atoms with Gasteiger partial charge in [0.15, 0.2) is 20.9 Å². The Morgan fingerprint density at radius 2 is 1.26 bits per heavy atom. The Bertz CT molecular complexity index is 442. The molecule has 1 nitrogen and oxygen atoms in total. The molecule has 0 aliphatic heterocycles. The Morgan fingerprint density at radius 3 is 1.58 bits per heavy atom. The summed E-state index contributed by atoms with van der Waals surface area (Å²) in [5.74, 6) is 0. The van der Waals surface area contributed by atoms with E-state index in [0.29, 0.717) is 6.04 Å². The van der Waals surface area contributed by atoms with Gasteiger partial charge < -0.3 is 0 Å². The SMILES string of the molecule is CCN(C(C)C)[S+](c1ccccc1)c1ccccc1. The highest BCUT2D eigenvalue weighted by molar-refractivity contribution is 7.94. The van der Waals surface area contributed by atoms with Crippen LogP contribution in [0.2, 0.25) is 0 Å². The van der Waals surface area contributed by atoms with Gasteiger partial charge in [0.1, 0.15) is 0 Å². The van der Waals surface area contributed by atoms with Crippen LogP contribution in [0.15, 0.2) is 70.5 Å². The first kappa shape index (κ1) is 14.2. The highest BCUT2D eigenvalue weighted by Gasteiger charge is 2.34. The first-order valence-corrected chi connectivity index (χ1v) is 8.03. The van der Waals surface area contributed by atoms with E-state index in [2.05, 4.69) is 85.7 Å². The molecule has 0 saturated heterocycles. The Labute approximate surface area is 119 Å². The van der Waals surface area contributed by atoms with Crippen molar-refractivity contribution in [1.82, 2.24) is 4.31 Å². The number of hydrogen-bond acceptors (Lipinski definition) is 1. The summed E-state index contributed by atoms with van der Waals surface area (Å²) >= 11 is 0.0142. The molecule has 0 N–H and O–H groups in total. The van der Waals surface area contributed by atoms with Crippen molar-refractivity contribution in [2.24, 2.45) is 0 Å². The van der Waals surface area contributed by atoms with Crippen molar-refractivity contribution in [1.29, 1.82) is 0 Å². The lowest BCUT2D eigenvalue weighted by Gasteiger charge is -2.23. The normalized spacial score (nSPS) is 11.5. The second kappa shape index (κ2) is 6.78.